The zero-order valence-corrected chi connectivity index (χ0v) is 14.7. The molecule has 0 atom stereocenters. The summed E-state index contributed by atoms with van der Waals surface area (Å²) in [6, 6.07) is 16.5. The van der Waals surface area contributed by atoms with Crippen LogP contribution >= 0.6 is 0 Å². The molecule has 2 aromatic carbocycles. The average molecular weight is 352 g/mol. The Hall–Kier alpha value is -3.21. The van der Waals surface area contributed by atoms with Gasteiger partial charge in [0.15, 0.2) is 0 Å². The first kappa shape index (κ1) is 17.6. The molecular formula is C21H20O5. The number of para-hydroxylation sites is 1. The van der Waals surface area contributed by atoms with Crippen LogP contribution < -0.4 is 9.47 Å². The molecule has 5 nitrogen and oxygen atoms in total. The molecule has 0 unspecified atom stereocenters. The molecule has 0 saturated heterocycles. The largest absolute Gasteiger partial charge is 0.497 e. The van der Waals surface area contributed by atoms with Crippen LogP contribution in [0.5, 0.6) is 11.5 Å². The molecule has 0 N–H and O–H groups in total. The van der Waals surface area contributed by atoms with Crippen LogP contribution in [0, 0.1) is 0 Å². The maximum Gasteiger partial charge on any atom is 0.234 e. The van der Waals surface area contributed by atoms with Crippen molar-refractivity contribution in [2.45, 2.75) is 6.92 Å². The van der Waals surface area contributed by atoms with Gasteiger partial charge in [0.2, 0.25) is 11.5 Å². The SMILES string of the molecule is COc1ccc(/C(C(=O)C2=COCCO2)=C(\C)Oc2ccccc2)cc1. The summed E-state index contributed by atoms with van der Waals surface area (Å²) in [6.45, 7) is 2.53. The van der Waals surface area contributed by atoms with Crippen molar-refractivity contribution >= 4 is 11.4 Å². The minimum atomic E-state index is -0.289. The maximum atomic E-state index is 13.0. The van der Waals surface area contributed by atoms with Gasteiger partial charge < -0.3 is 18.9 Å². The van der Waals surface area contributed by atoms with E-state index in [0.29, 0.717) is 41.6 Å². The molecule has 0 aromatic heterocycles. The van der Waals surface area contributed by atoms with Crippen molar-refractivity contribution in [3.05, 3.63) is 77.9 Å². The van der Waals surface area contributed by atoms with Gasteiger partial charge in [0.1, 0.15) is 36.7 Å². The van der Waals surface area contributed by atoms with Crippen molar-refractivity contribution in [2.24, 2.45) is 0 Å². The highest BCUT2D eigenvalue weighted by Gasteiger charge is 2.24. The van der Waals surface area contributed by atoms with Gasteiger partial charge in [-0.2, -0.15) is 0 Å². The minimum absolute atomic E-state index is 0.165. The van der Waals surface area contributed by atoms with Gasteiger partial charge in [0.25, 0.3) is 0 Å². The fraction of sp³-hybridized carbons (Fsp3) is 0.190. The Morgan fingerprint density at radius 1 is 0.962 bits per heavy atom. The number of allylic oxidation sites excluding steroid dienone is 2. The van der Waals surface area contributed by atoms with E-state index in [1.54, 1.807) is 26.2 Å². The quantitative estimate of drug-likeness (QED) is 0.582. The topological polar surface area (TPSA) is 54.0 Å². The molecule has 0 bridgehead atoms. The second-order valence-corrected chi connectivity index (χ2v) is 5.61. The lowest BCUT2D eigenvalue weighted by Crippen LogP contribution is -2.17. The first-order chi connectivity index (χ1) is 12.7. The Bertz CT molecular complexity index is 819. The van der Waals surface area contributed by atoms with E-state index in [4.69, 9.17) is 18.9 Å². The first-order valence-electron chi connectivity index (χ1n) is 8.26. The lowest BCUT2D eigenvalue weighted by molar-refractivity contribution is -0.115. The van der Waals surface area contributed by atoms with Crippen LogP contribution in [-0.2, 0) is 14.3 Å². The van der Waals surface area contributed by atoms with Crippen LogP contribution in [0.2, 0.25) is 0 Å². The molecule has 2 aromatic rings. The van der Waals surface area contributed by atoms with Crippen LogP contribution in [0.3, 0.4) is 0 Å². The fourth-order valence-corrected chi connectivity index (χ4v) is 2.58. The number of benzene rings is 2. The van der Waals surface area contributed by atoms with E-state index in [9.17, 15) is 4.79 Å². The summed E-state index contributed by atoms with van der Waals surface area (Å²) in [5, 5.41) is 0. The fourth-order valence-electron chi connectivity index (χ4n) is 2.58. The van der Waals surface area contributed by atoms with Crippen molar-refractivity contribution in [3.63, 3.8) is 0 Å². The van der Waals surface area contributed by atoms with Gasteiger partial charge in [-0.25, -0.2) is 0 Å². The van der Waals surface area contributed by atoms with Gasteiger partial charge in [-0.1, -0.05) is 30.3 Å². The van der Waals surface area contributed by atoms with E-state index < -0.39 is 0 Å². The molecule has 134 valence electrons. The van der Waals surface area contributed by atoms with E-state index in [1.165, 1.54) is 6.26 Å². The number of Topliss-reactive ketones (excluding diaryl/α,β-unsaturated/α-hetero) is 1. The third kappa shape index (κ3) is 4.06. The van der Waals surface area contributed by atoms with Gasteiger partial charge >= 0.3 is 0 Å². The molecule has 0 fully saturated rings. The van der Waals surface area contributed by atoms with E-state index >= 15 is 0 Å². The molecule has 0 saturated carbocycles. The monoisotopic (exact) mass is 352 g/mol. The Morgan fingerprint density at radius 2 is 1.69 bits per heavy atom. The number of carbonyl (C=O) groups excluding carboxylic acids is 1. The van der Waals surface area contributed by atoms with Gasteiger partial charge in [-0.3, -0.25) is 4.79 Å². The van der Waals surface area contributed by atoms with Crippen molar-refractivity contribution in [3.8, 4) is 11.5 Å². The lowest BCUT2D eigenvalue weighted by atomic mass is 9.99. The van der Waals surface area contributed by atoms with E-state index in [0.717, 1.165) is 0 Å². The van der Waals surface area contributed by atoms with Crippen molar-refractivity contribution in [1.82, 2.24) is 0 Å². The Kier molecular flexibility index (Phi) is 5.59. The summed E-state index contributed by atoms with van der Waals surface area (Å²) in [6.07, 6.45) is 1.35. The average Bonchev–Trinajstić information content (AvgIpc) is 2.70. The molecular weight excluding hydrogens is 332 g/mol. The summed E-state index contributed by atoms with van der Waals surface area (Å²) in [5.74, 6) is 1.71. The Balaban J connectivity index is 2.00. The number of ketones is 1. The number of hydrogen-bond donors (Lipinski definition) is 0. The number of carbonyl (C=O) groups is 1. The molecule has 0 spiro atoms. The molecule has 1 heterocycles. The van der Waals surface area contributed by atoms with Crippen molar-refractivity contribution in [2.75, 3.05) is 20.3 Å². The summed E-state index contributed by atoms with van der Waals surface area (Å²) in [7, 11) is 1.60. The van der Waals surface area contributed by atoms with E-state index in [-0.39, 0.29) is 11.5 Å². The number of hydrogen-bond acceptors (Lipinski definition) is 5. The highest BCUT2D eigenvalue weighted by atomic mass is 16.6. The number of rotatable bonds is 6. The third-order valence-corrected chi connectivity index (χ3v) is 3.84. The maximum absolute atomic E-state index is 13.0. The zero-order chi connectivity index (χ0) is 18.4. The summed E-state index contributed by atoms with van der Waals surface area (Å²) < 4.78 is 21.8. The predicted molar refractivity (Wildman–Crippen MR) is 97.7 cm³/mol. The van der Waals surface area contributed by atoms with E-state index in [1.807, 2.05) is 42.5 Å². The van der Waals surface area contributed by atoms with Crippen LogP contribution in [-0.4, -0.2) is 26.1 Å². The minimum Gasteiger partial charge on any atom is -0.497 e. The summed E-state index contributed by atoms with van der Waals surface area (Å²) >= 11 is 0. The second kappa shape index (κ2) is 8.25. The highest BCUT2D eigenvalue weighted by molar-refractivity contribution is 6.28. The van der Waals surface area contributed by atoms with Crippen LogP contribution in [0.4, 0.5) is 0 Å². The highest BCUT2D eigenvalue weighted by Crippen LogP contribution is 2.28. The van der Waals surface area contributed by atoms with Crippen LogP contribution in [0.1, 0.15) is 12.5 Å². The molecule has 0 amide bonds. The second-order valence-electron chi connectivity index (χ2n) is 5.61. The van der Waals surface area contributed by atoms with Crippen molar-refractivity contribution < 1.29 is 23.7 Å². The Labute approximate surface area is 152 Å². The smallest absolute Gasteiger partial charge is 0.234 e. The van der Waals surface area contributed by atoms with Crippen LogP contribution in [0.25, 0.3) is 5.57 Å². The molecule has 0 radical (unpaired) electrons. The molecule has 1 aliphatic heterocycles. The standard InChI is InChI=1S/C21H20O5/c1-15(26-18-6-4-3-5-7-18)20(16-8-10-17(23-2)11-9-16)21(22)19-14-24-12-13-25-19/h3-11,14H,12-13H2,1-2H3/b20-15-. The van der Waals surface area contributed by atoms with Gasteiger partial charge in [0, 0.05) is 0 Å². The third-order valence-electron chi connectivity index (χ3n) is 3.84. The number of methoxy groups -OCH3 is 1. The summed E-state index contributed by atoms with van der Waals surface area (Å²) in [4.78, 5) is 13.0. The molecule has 26 heavy (non-hydrogen) atoms. The lowest BCUT2D eigenvalue weighted by Gasteiger charge is -2.18. The zero-order valence-electron chi connectivity index (χ0n) is 14.7. The first-order valence-corrected chi connectivity index (χ1v) is 8.26. The molecule has 3 rings (SSSR count). The normalized spacial score (nSPS) is 14.3. The number of ether oxygens (including phenoxy) is 4. The van der Waals surface area contributed by atoms with Gasteiger partial charge in [-0.05, 0) is 36.8 Å². The van der Waals surface area contributed by atoms with Crippen molar-refractivity contribution in [1.29, 1.82) is 0 Å². The van der Waals surface area contributed by atoms with Gasteiger partial charge in [-0.15, -0.1) is 0 Å². The van der Waals surface area contributed by atoms with Gasteiger partial charge in [0.05, 0.1) is 12.7 Å². The summed E-state index contributed by atoms with van der Waals surface area (Å²) in [5.41, 5.74) is 1.12. The van der Waals surface area contributed by atoms with Crippen LogP contribution in [0.15, 0.2) is 72.4 Å². The molecule has 0 aliphatic carbocycles. The molecule has 5 heteroatoms. The molecule has 1 aliphatic rings. The Morgan fingerprint density at radius 3 is 2.31 bits per heavy atom. The predicted octanol–water partition coefficient (Wildman–Crippen LogP) is 3.96. The van der Waals surface area contributed by atoms with E-state index in [2.05, 4.69) is 0 Å².